The van der Waals surface area contributed by atoms with Gasteiger partial charge in [0.1, 0.15) is 11.2 Å². The molecule has 9 aromatic rings. The fourth-order valence-electron chi connectivity index (χ4n) is 9.11. The normalized spacial score (nSPS) is 15.4. The lowest BCUT2D eigenvalue weighted by atomic mass is 9.71. The molecule has 0 N–H and O–H groups in total. The van der Waals surface area contributed by atoms with Crippen LogP contribution < -0.4 is 0 Å². The molecule has 3 unspecified atom stereocenters. The first-order valence-electron chi connectivity index (χ1n) is 17.7. The summed E-state index contributed by atoms with van der Waals surface area (Å²) in [5.74, 6) is 0.308. The average molecular weight is 644 g/mol. The van der Waals surface area contributed by atoms with E-state index in [-0.39, 0.29) is 17.9 Å². The fraction of sp³-hybridized carbons (Fsp3) is 0.125. The third-order valence-electron chi connectivity index (χ3n) is 11.5. The van der Waals surface area contributed by atoms with Gasteiger partial charge in [0.15, 0.2) is 0 Å². The molecule has 0 saturated carbocycles. The van der Waals surface area contributed by atoms with E-state index in [1.165, 1.54) is 82.3 Å². The van der Waals surface area contributed by atoms with E-state index in [4.69, 9.17) is 11.0 Å². The van der Waals surface area contributed by atoms with Gasteiger partial charge in [-0.15, -0.1) is 0 Å². The Morgan fingerprint density at radius 1 is 0.640 bits per heavy atom. The van der Waals surface area contributed by atoms with Crippen molar-refractivity contribution in [1.82, 2.24) is 4.57 Å². The van der Waals surface area contributed by atoms with Crippen molar-refractivity contribution in [3.05, 3.63) is 180 Å². The topological polar surface area (TPSA) is 18.1 Å². The number of aryl methyl sites for hydroxylation is 1. The number of furan rings is 1. The summed E-state index contributed by atoms with van der Waals surface area (Å²) in [7, 11) is 0. The van der Waals surface area contributed by atoms with Gasteiger partial charge in [0, 0.05) is 44.4 Å². The van der Waals surface area contributed by atoms with Gasteiger partial charge >= 0.3 is 0 Å². The highest BCUT2D eigenvalue weighted by molar-refractivity contribution is 6.11. The molecular formula is C48H37NO. The zero-order valence-corrected chi connectivity index (χ0v) is 28.4. The summed E-state index contributed by atoms with van der Waals surface area (Å²) in [5.41, 5.74) is 13.6. The smallest absolute Gasteiger partial charge is 0.136 e. The van der Waals surface area contributed by atoms with Gasteiger partial charge < -0.3 is 8.98 Å². The summed E-state index contributed by atoms with van der Waals surface area (Å²) in [6, 6.07) is 53.3. The summed E-state index contributed by atoms with van der Waals surface area (Å²) in [5, 5.41) is 7.34. The van der Waals surface area contributed by atoms with E-state index in [1.807, 2.05) is 0 Å². The lowest BCUT2D eigenvalue weighted by Crippen LogP contribution is -2.24. The largest absolute Gasteiger partial charge is 0.456 e. The Morgan fingerprint density at radius 3 is 2.00 bits per heavy atom. The Kier molecular flexibility index (Phi) is 6.45. The van der Waals surface area contributed by atoms with Crippen molar-refractivity contribution in [3.63, 3.8) is 0 Å². The first-order chi connectivity index (χ1) is 24.5. The molecule has 10 rings (SSSR count). The molecule has 0 radical (unpaired) electrons. The molecule has 1 aliphatic carbocycles. The minimum absolute atomic E-state index is 0.0165. The number of nitrogens with zero attached hydrogens (tertiary/aromatic N) is 1. The third-order valence-corrected chi connectivity index (χ3v) is 11.5. The molecule has 0 amide bonds. The van der Waals surface area contributed by atoms with Gasteiger partial charge in [-0.3, -0.25) is 0 Å². The molecule has 2 heterocycles. The minimum Gasteiger partial charge on any atom is -0.456 e. The van der Waals surface area contributed by atoms with Crippen molar-refractivity contribution in [3.8, 4) is 11.1 Å². The Bertz CT molecular complexity index is 2760. The molecule has 50 heavy (non-hydrogen) atoms. The van der Waals surface area contributed by atoms with E-state index in [0.29, 0.717) is 0 Å². The summed E-state index contributed by atoms with van der Waals surface area (Å²) in [6.07, 6.45) is 0.869. The maximum Gasteiger partial charge on any atom is 0.136 e. The number of fused-ring (bicyclic) bond motifs is 10. The molecule has 1 aliphatic rings. The first kappa shape index (κ1) is 29.1. The van der Waals surface area contributed by atoms with E-state index >= 15 is 0 Å². The number of benzene rings is 7. The van der Waals surface area contributed by atoms with Gasteiger partial charge in [-0.05, 0) is 99.5 Å². The van der Waals surface area contributed by atoms with Crippen LogP contribution in [0.5, 0.6) is 0 Å². The van der Waals surface area contributed by atoms with Crippen LogP contribution in [0.4, 0.5) is 0 Å². The highest BCUT2D eigenvalue weighted by Gasteiger charge is 2.35. The fourth-order valence-corrected chi connectivity index (χ4v) is 9.11. The molecule has 0 aliphatic heterocycles. The van der Waals surface area contributed by atoms with Crippen LogP contribution in [0.25, 0.3) is 65.6 Å². The zero-order chi connectivity index (χ0) is 33.5. The van der Waals surface area contributed by atoms with Gasteiger partial charge in [-0.25, -0.2) is 0 Å². The van der Waals surface area contributed by atoms with Crippen LogP contribution in [0.1, 0.15) is 47.1 Å². The lowest BCUT2D eigenvalue weighted by molar-refractivity contribution is 0.483. The predicted octanol–water partition coefficient (Wildman–Crippen LogP) is 13.1. The van der Waals surface area contributed by atoms with Crippen LogP contribution in [0.3, 0.4) is 0 Å². The second-order valence-corrected chi connectivity index (χ2v) is 14.2. The number of aromatic nitrogens is 1. The molecule has 0 bridgehead atoms. The van der Waals surface area contributed by atoms with Crippen molar-refractivity contribution < 1.29 is 4.42 Å². The highest BCUT2D eigenvalue weighted by Crippen LogP contribution is 2.51. The Hall–Kier alpha value is -5.86. The number of para-hydroxylation sites is 2. The van der Waals surface area contributed by atoms with Gasteiger partial charge in [0.25, 0.3) is 0 Å². The van der Waals surface area contributed by atoms with Crippen LogP contribution in [0.15, 0.2) is 162 Å². The zero-order valence-electron chi connectivity index (χ0n) is 28.4. The summed E-state index contributed by atoms with van der Waals surface area (Å²) in [6.45, 7) is 9.72. The standard InChI is InChI=1S/C48H37NO/c1-29-14-4-7-17-35(29)30(2)48(49-44-22-12-10-20-38(44)39-21-11-13-23-45(39)49)31(3)40-25-34-27-47-43(28-41(34)37-19-9-8-18-36(37)40)42-24-32-15-5-6-16-33(32)26-46(42)50-47/h4-24,26-28,30,40,48H,3,25H2,1-2H3. The molecule has 0 fully saturated rings. The van der Waals surface area contributed by atoms with Crippen molar-refractivity contribution in [2.75, 3.05) is 0 Å². The SMILES string of the molecule is C=C(C1Cc2cc3oc4cc5ccccc5cc4c3cc2-c2ccccc21)C(C(C)c1ccccc1C)n1c2ccccc2c2ccccc21. The van der Waals surface area contributed by atoms with E-state index in [0.717, 1.165) is 17.6 Å². The van der Waals surface area contributed by atoms with Gasteiger partial charge in [-0.1, -0.05) is 123 Å². The summed E-state index contributed by atoms with van der Waals surface area (Å²) >= 11 is 0. The minimum atomic E-state index is 0.0165. The van der Waals surface area contributed by atoms with Crippen molar-refractivity contribution >= 4 is 54.5 Å². The van der Waals surface area contributed by atoms with E-state index in [2.05, 4.69) is 164 Å². The number of hydrogen-bond donors (Lipinski definition) is 0. The van der Waals surface area contributed by atoms with Gasteiger partial charge in [0.2, 0.25) is 0 Å². The molecule has 2 aromatic heterocycles. The monoisotopic (exact) mass is 643 g/mol. The molecule has 3 atom stereocenters. The van der Waals surface area contributed by atoms with Crippen LogP contribution in [-0.2, 0) is 6.42 Å². The summed E-state index contributed by atoms with van der Waals surface area (Å²) < 4.78 is 9.19. The van der Waals surface area contributed by atoms with E-state index < -0.39 is 0 Å². The molecule has 2 heteroatoms. The number of rotatable bonds is 5. The third kappa shape index (κ3) is 4.28. The van der Waals surface area contributed by atoms with Crippen molar-refractivity contribution in [2.24, 2.45) is 0 Å². The van der Waals surface area contributed by atoms with Gasteiger partial charge in [-0.2, -0.15) is 0 Å². The first-order valence-corrected chi connectivity index (χ1v) is 17.7. The van der Waals surface area contributed by atoms with Crippen LogP contribution in [0.2, 0.25) is 0 Å². The van der Waals surface area contributed by atoms with E-state index in [9.17, 15) is 0 Å². The maximum atomic E-state index is 6.60. The lowest BCUT2D eigenvalue weighted by Gasteiger charge is -2.37. The van der Waals surface area contributed by atoms with Crippen LogP contribution >= 0.6 is 0 Å². The Morgan fingerprint density at radius 2 is 1.24 bits per heavy atom. The molecule has 7 aromatic carbocycles. The average Bonchev–Trinajstić information content (AvgIpc) is 3.67. The van der Waals surface area contributed by atoms with Gasteiger partial charge in [0.05, 0.1) is 6.04 Å². The maximum absolute atomic E-state index is 6.60. The number of hydrogen-bond acceptors (Lipinski definition) is 1. The molecule has 240 valence electrons. The van der Waals surface area contributed by atoms with Crippen molar-refractivity contribution in [1.29, 1.82) is 0 Å². The van der Waals surface area contributed by atoms with E-state index in [1.54, 1.807) is 0 Å². The molecule has 2 nitrogen and oxygen atoms in total. The summed E-state index contributed by atoms with van der Waals surface area (Å²) in [4.78, 5) is 0. The molecular weight excluding hydrogens is 607 g/mol. The van der Waals surface area contributed by atoms with Crippen molar-refractivity contribution in [2.45, 2.75) is 38.1 Å². The molecule has 0 saturated heterocycles. The Balaban J connectivity index is 1.17. The second-order valence-electron chi connectivity index (χ2n) is 14.2. The van der Waals surface area contributed by atoms with Crippen LogP contribution in [0, 0.1) is 6.92 Å². The quantitative estimate of drug-likeness (QED) is 0.171. The predicted molar refractivity (Wildman–Crippen MR) is 210 cm³/mol. The van der Waals surface area contributed by atoms with Crippen LogP contribution in [-0.4, -0.2) is 4.57 Å². The number of allylic oxidation sites excluding steroid dienone is 1. The highest BCUT2D eigenvalue weighted by atomic mass is 16.3. The Labute approximate surface area is 291 Å². The molecule has 0 spiro atoms. The second kappa shape index (κ2) is 11.1.